The SMILES string of the molecule is Cc1cc(Nc2nccn3c(-c4ccc(OCC#N)c(F)c4F)cnc23)ccc1C(=O)N1CCN(C(=O)[C@@H]2C[C@@H](O)CN2)CC1. The monoisotopic (exact) mass is 616 g/mol. The zero-order valence-corrected chi connectivity index (χ0v) is 24.3. The number of hydrogen-bond donors (Lipinski definition) is 3. The summed E-state index contributed by atoms with van der Waals surface area (Å²) >= 11 is 0. The fraction of sp³-hybridized carbons (Fsp3) is 0.323. The van der Waals surface area contributed by atoms with E-state index in [1.54, 1.807) is 38.6 Å². The van der Waals surface area contributed by atoms with E-state index in [0.717, 1.165) is 5.56 Å². The second-order valence-corrected chi connectivity index (χ2v) is 10.9. The van der Waals surface area contributed by atoms with Gasteiger partial charge in [0.2, 0.25) is 11.7 Å². The second-order valence-electron chi connectivity index (χ2n) is 10.9. The molecular weight excluding hydrogens is 586 g/mol. The van der Waals surface area contributed by atoms with Crippen LogP contribution in [0.2, 0.25) is 0 Å². The lowest BCUT2D eigenvalue weighted by Crippen LogP contribution is -2.54. The summed E-state index contributed by atoms with van der Waals surface area (Å²) in [4.78, 5) is 38.3. The minimum atomic E-state index is -1.20. The van der Waals surface area contributed by atoms with E-state index in [1.807, 2.05) is 13.0 Å². The third-order valence-corrected chi connectivity index (χ3v) is 8.05. The summed E-state index contributed by atoms with van der Waals surface area (Å²) in [6.07, 6.45) is 4.37. The van der Waals surface area contributed by atoms with E-state index in [2.05, 4.69) is 20.6 Å². The van der Waals surface area contributed by atoms with Crippen LogP contribution in [0.3, 0.4) is 0 Å². The van der Waals surface area contributed by atoms with Gasteiger partial charge in [-0.2, -0.15) is 9.65 Å². The molecule has 2 aromatic heterocycles. The van der Waals surface area contributed by atoms with Crippen LogP contribution in [-0.2, 0) is 4.79 Å². The van der Waals surface area contributed by atoms with Gasteiger partial charge in [0.15, 0.2) is 29.6 Å². The van der Waals surface area contributed by atoms with Gasteiger partial charge < -0.3 is 30.3 Å². The molecule has 2 atom stereocenters. The Morgan fingerprint density at radius 3 is 2.62 bits per heavy atom. The summed E-state index contributed by atoms with van der Waals surface area (Å²) in [6, 6.07) is 9.25. The van der Waals surface area contributed by atoms with Gasteiger partial charge in [0.05, 0.1) is 24.0 Å². The highest BCUT2D eigenvalue weighted by molar-refractivity contribution is 5.96. The highest BCUT2D eigenvalue weighted by atomic mass is 19.2. The van der Waals surface area contributed by atoms with Gasteiger partial charge in [-0.3, -0.25) is 14.0 Å². The van der Waals surface area contributed by atoms with Gasteiger partial charge in [0.1, 0.15) is 6.07 Å². The topological polar surface area (TPSA) is 148 Å². The highest BCUT2D eigenvalue weighted by Crippen LogP contribution is 2.32. The number of rotatable bonds is 7. The summed E-state index contributed by atoms with van der Waals surface area (Å²) in [7, 11) is 0. The Hall–Kier alpha value is -5.13. The van der Waals surface area contributed by atoms with Crippen molar-refractivity contribution in [3.63, 3.8) is 0 Å². The Bertz CT molecular complexity index is 1820. The molecule has 2 fully saturated rings. The fourth-order valence-electron chi connectivity index (χ4n) is 5.70. The number of imidazole rings is 1. The number of aliphatic hydroxyl groups is 1. The van der Waals surface area contributed by atoms with E-state index >= 15 is 0 Å². The number of nitriles is 1. The number of aryl methyl sites for hydroxylation is 1. The number of aliphatic hydroxyl groups excluding tert-OH is 1. The number of halogens is 2. The summed E-state index contributed by atoms with van der Waals surface area (Å²) in [5.41, 5.74) is 2.53. The zero-order chi connectivity index (χ0) is 31.7. The standard InChI is InChI=1S/C31H30F2N8O4/c1-18-14-19(2-3-21(18)30(43)39-9-11-40(12-10-39)31(44)23-15-20(42)16-36-23)38-28-29-37-17-24(41(29)8-7-35-28)22-4-5-25(45-13-6-34)27(33)26(22)32/h2-5,7-8,14,17,20,23,36,42H,9-13,15-16H2,1H3,(H,35,38)/t20-,23+/m1/s1. The molecule has 2 saturated heterocycles. The molecular formula is C31H30F2N8O4. The molecule has 0 radical (unpaired) electrons. The number of amides is 2. The second kappa shape index (κ2) is 12.5. The first-order valence-corrected chi connectivity index (χ1v) is 14.4. The number of nitrogens with one attached hydrogen (secondary N) is 2. The number of β-amino-alcohol motifs (C(OH)–C–C–N with tert-alkyl or cyclic N) is 1. The molecule has 45 heavy (non-hydrogen) atoms. The molecule has 6 rings (SSSR count). The van der Waals surface area contributed by atoms with Crippen LogP contribution in [0.5, 0.6) is 5.75 Å². The van der Waals surface area contributed by atoms with Gasteiger partial charge in [-0.25, -0.2) is 14.4 Å². The molecule has 0 saturated carbocycles. The number of hydrogen-bond acceptors (Lipinski definition) is 9. The van der Waals surface area contributed by atoms with Crippen LogP contribution in [0.25, 0.3) is 16.9 Å². The molecule has 2 aliphatic heterocycles. The first kappa shape index (κ1) is 29.9. The van der Waals surface area contributed by atoms with E-state index in [4.69, 9.17) is 10.00 Å². The van der Waals surface area contributed by atoms with Gasteiger partial charge in [-0.05, 0) is 49.2 Å². The molecule has 3 N–H and O–H groups in total. The Morgan fingerprint density at radius 1 is 1.13 bits per heavy atom. The average molecular weight is 617 g/mol. The smallest absolute Gasteiger partial charge is 0.254 e. The van der Waals surface area contributed by atoms with Crippen LogP contribution in [0, 0.1) is 29.9 Å². The predicted molar refractivity (Wildman–Crippen MR) is 159 cm³/mol. The largest absolute Gasteiger partial charge is 0.476 e. The zero-order valence-electron chi connectivity index (χ0n) is 24.3. The van der Waals surface area contributed by atoms with Crippen molar-refractivity contribution in [3.05, 3.63) is 71.7 Å². The predicted octanol–water partition coefficient (Wildman–Crippen LogP) is 2.64. The molecule has 4 aromatic rings. The van der Waals surface area contributed by atoms with Crippen LogP contribution < -0.4 is 15.4 Å². The number of ether oxygens (including phenoxy) is 1. The molecule has 0 unspecified atom stereocenters. The molecule has 2 aliphatic rings. The first-order chi connectivity index (χ1) is 21.7. The van der Waals surface area contributed by atoms with Crippen LogP contribution >= 0.6 is 0 Å². The molecule has 0 spiro atoms. The van der Waals surface area contributed by atoms with Crippen molar-refractivity contribution in [1.29, 1.82) is 5.26 Å². The normalized spacial score (nSPS) is 18.2. The highest BCUT2D eigenvalue weighted by Gasteiger charge is 2.33. The molecule has 2 amide bonds. The van der Waals surface area contributed by atoms with Crippen molar-refractivity contribution in [2.75, 3.05) is 44.6 Å². The van der Waals surface area contributed by atoms with Crippen LogP contribution in [0.4, 0.5) is 20.3 Å². The van der Waals surface area contributed by atoms with E-state index < -0.39 is 24.3 Å². The van der Waals surface area contributed by atoms with Crippen molar-refractivity contribution < 1.29 is 28.2 Å². The van der Waals surface area contributed by atoms with Gasteiger partial charge in [-0.1, -0.05) is 0 Å². The number of aromatic nitrogens is 3. The number of anilines is 2. The van der Waals surface area contributed by atoms with Crippen LogP contribution in [0.1, 0.15) is 22.3 Å². The van der Waals surface area contributed by atoms with Crippen molar-refractivity contribution in [1.82, 2.24) is 29.5 Å². The third-order valence-electron chi connectivity index (χ3n) is 8.05. The lowest BCUT2D eigenvalue weighted by Gasteiger charge is -2.36. The lowest BCUT2D eigenvalue weighted by molar-refractivity contribution is -0.134. The lowest BCUT2D eigenvalue weighted by atomic mass is 10.1. The fourth-order valence-corrected chi connectivity index (χ4v) is 5.70. The Balaban J connectivity index is 1.15. The minimum absolute atomic E-state index is 0.0423. The molecule has 4 heterocycles. The Labute approximate surface area is 256 Å². The summed E-state index contributed by atoms with van der Waals surface area (Å²) in [5.74, 6) is -2.50. The molecule has 232 valence electrons. The summed E-state index contributed by atoms with van der Waals surface area (Å²) < 4.78 is 36.1. The first-order valence-electron chi connectivity index (χ1n) is 14.4. The minimum Gasteiger partial charge on any atom is -0.476 e. The molecule has 12 nitrogen and oxygen atoms in total. The quantitative estimate of drug-likeness (QED) is 0.285. The van der Waals surface area contributed by atoms with Gasteiger partial charge in [-0.15, -0.1) is 0 Å². The van der Waals surface area contributed by atoms with Crippen molar-refractivity contribution in [3.8, 4) is 23.1 Å². The van der Waals surface area contributed by atoms with Crippen LogP contribution in [-0.4, -0.2) is 92.6 Å². The van der Waals surface area contributed by atoms with Crippen molar-refractivity contribution in [2.45, 2.75) is 25.5 Å². The summed E-state index contributed by atoms with van der Waals surface area (Å²) in [6.45, 7) is 3.50. The molecule has 2 aromatic carbocycles. The maximum Gasteiger partial charge on any atom is 0.254 e. The van der Waals surface area contributed by atoms with E-state index in [9.17, 15) is 23.5 Å². The number of nitrogens with zero attached hydrogens (tertiary/aromatic N) is 6. The maximum absolute atomic E-state index is 15.0. The van der Waals surface area contributed by atoms with Crippen molar-refractivity contribution in [2.24, 2.45) is 0 Å². The van der Waals surface area contributed by atoms with E-state index in [0.29, 0.717) is 61.9 Å². The van der Waals surface area contributed by atoms with Gasteiger partial charge >= 0.3 is 0 Å². The van der Waals surface area contributed by atoms with Crippen LogP contribution in [0.15, 0.2) is 48.9 Å². The van der Waals surface area contributed by atoms with E-state index in [-0.39, 0.29) is 34.9 Å². The molecule has 0 bridgehead atoms. The average Bonchev–Trinajstić information content (AvgIpc) is 3.68. The number of fused-ring (bicyclic) bond motifs is 1. The number of piperazine rings is 1. The van der Waals surface area contributed by atoms with Gasteiger partial charge in [0.25, 0.3) is 5.91 Å². The molecule has 0 aliphatic carbocycles. The number of carbonyl (C=O) groups excluding carboxylic acids is 2. The third kappa shape index (κ3) is 5.87. The van der Waals surface area contributed by atoms with E-state index in [1.165, 1.54) is 24.5 Å². The Kier molecular flexibility index (Phi) is 8.29. The molecule has 14 heteroatoms. The summed E-state index contributed by atoms with van der Waals surface area (Å²) in [5, 5.41) is 24.6. The van der Waals surface area contributed by atoms with Gasteiger partial charge in [0, 0.05) is 61.9 Å². The maximum atomic E-state index is 15.0. The number of benzene rings is 2. The van der Waals surface area contributed by atoms with Crippen molar-refractivity contribution >= 4 is 29.0 Å². The number of carbonyl (C=O) groups is 2. The Morgan fingerprint density at radius 2 is 1.91 bits per heavy atom.